The minimum atomic E-state index is -0.570. The normalized spacial score (nSPS) is 12.0. The van der Waals surface area contributed by atoms with Crippen LogP contribution in [0.5, 0.6) is 5.75 Å². The molecule has 0 saturated heterocycles. The summed E-state index contributed by atoms with van der Waals surface area (Å²) >= 11 is 0. The average molecular weight is 293 g/mol. The van der Waals surface area contributed by atoms with Gasteiger partial charge in [-0.25, -0.2) is 0 Å². The van der Waals surface area contributed by atoms with Gasteiger partial charge in [0.25, 0.3) is 0 Å². The second kappa shape index (κ2) is 6.96. The molecule has 112 valence electrons. The molecule has 3 rings (SSSR count). The molecule has 0 amide bonds. The summed E-state index contributed by atoms with van der Waals surface area (Å²) in [4.78, 5) is 0. The van der Waals surface area contributed by atoms with Crippen molar-refractivity contribution in [3.05, 3.63) is 72.8 Å². The topological polar surface area (TPSA) is 41.5 Å². The number of hydrogen-bond donors (Lipinski definition) is 2. The van der Waals surface area contributed by atoms with Crippen molar-refractivity contribution in [2.24, 2.45) is 0 Å². The molecule has 1 atom stereocenters. The number of aliphatic hydroxyl groups is 1. The van der Waals surface area contributed by atoms with Crippen LogP contribution in [0.25, 0.3) is 10.8 Å². The van der Waals surface area contributed by atoms with Crippen LogP contribution in [0, 0.1) is 0 Å². The zero-order valence-corrected chi connectivity index (χ0v) is 12.3. The average Bonchev–Trinajstić information content (AvgIpc) is 2.59. The number of ether oxygens (including phenoxy) is 1. The third-order valence-corrected chi connectivity index (χ3v) is 3.50. The highest BCUT2D eigenvalue weighted by Crippen LogP contribution is 2.25. The fourth-order valence-electron chi connectivity index (χ4n) is 2.36. The van der Waals surface area contributed by atoms with Crippen LogP contribution >= 0.6 is 0 Å². The first-order valence-corrected chi connectivity index (χ1v) is 7.40. The Morgan fingerprint density at radius 2 is 1.59 bits per heavy atom. The Morgan fingerprint density at radius 3 is 2.45 bits per heavy atom. The Hall–Kier alpha value is -2.52. The van der Waals surface area contributed by atoms with Crippen LogP contribution in [-0.2, 0) is 0 Å². The number of benzene rings is 3. The second-order valence-electron chi connectivity index (χ2n) is 5.19. The van der Waals surface area contributed by atoms with Crippen LogP contribution in [0.1, 0.15) is 0 Å². The van der Waals surface area contributed by atoms with Gasteiger partial charge in [0.1, 0.15) is 18.5 Å². The van der Waals surface area contributed by atoms with Gasteiger partial charge in [-0.1, -0.05) is 54.6 Å². The summed E-state index contributed by atoms with van der Waals surface area (Å²) in [5, 5.41) is 15.4. The lowest BCUT2D eigenvalue weighted by atomic mass is 10.1. The molecule has 22 heavy (non-hydrogen) atoms. The lowest BCUT2D eigenvalue weighted by molar-refractivity contribution is 0.118. The molecule has 0 aliphatic rings. The molecule has 0 fully saturated rings. The molecule has 3 aromatic carbocycles. The van der Waals surface area contributed by atoms with Crippen LogP contribution in [0.15, 0.2) is 72.8 Å². The van der Waals surface area contributed by atoms with Gasteiger partial charge in [0.15, 0.2) is 0 Å². The monoisotopic (exact) mass is 293 g/mol. The fraction of sp³-hybridized carbons (Fsp3) is 0.158. The van der Waals surface area contributed by atoms with E-state index in [9.17, 15) is 5.11 Å². The lowest BCUT2D eigenvalue weighted by Gasteiger charge is -2.15. The summed E-state index contributed by atoms with van der Waals surface area (Å²) in [5.41, 5.74) is 0.992. The number of rotatable bonds is 6. The molecule has 3 aromatic rings. The van der Waals surface area contributed by atoms with Gasteiger partial charge in [-0.2, -0.15) is 0 Å². The third kappa shape index (κ3) is 3.57. The number of anilines is 1. The molecule has 0 saturated carbocycles. The van der Waals surface area contributed by atoms with E-state index in [1.165, 1.54) is 0 Å². The van der Waals surface area contributed by atoms with Gasteiger partial charge >= 0.3 is 0 Å². The second-order valence-corrected chi connectivity index (χ2v) is 5.19. The van der Waals surface area contributed by atoms with Gasteiger partial charge in [0, 0.05) is 17.6 Å². The Bertz CT molecular complexity index is 722. The van der Waals surface area contributed by atoms with Gasteiger partial charge in [-0.05, 0) is 23.6 Å². The van der Waals surface area contributed by atoms with E-state index in [1.54, 1.807) is 0 Å². The Labute approximate surface area is 130 Å². The zero-order chi connectivity index (χ0) is 15.2. The number of aliphatic hydroxyl groups excluding tert-OH is 1. The van der Waals surface area contributed by atoms with Crippen molar-refractivity contribution in [1.82, 2.24) is 0 Å². The highest BCUT2D eigenvalue weighted by Gasteiger charge is 2.07. The van der Waals surface area contributed by atoms with Crippen molar-refractivity contribution in [3.63, 3.8) is 0 Å². The molecule has 0 spiro atoms. The standard InChI is InChI=1S/C19H19NO2/c21-17(13-20-16-9-2-1-3-10-16)14-22-19-12-6-8-15-7-4-5-11-18(15)19/h1-12,17,20-21H,13-14H2. The molecule has 1 unspecified atom stereocenters. The molecule has 0 radical (unpaired) electrons. The number of nitrogens with one attached hydrogen (secondary N) is 1. The zero-order valence-electron chi connectivity index (χ0n) is 12.3. The SMILES string of the molecule is OC(CNc1ccccc1)COc1cccc2ccccc12. The molecule has 0 aromatic heterocycles. The van der Waals surface area contributed by atoms with Crippen LogP contribution < -0.4 is 10.1 Å². The van der Waals surface area contributed by atoms with Crippen molar-refractivity contribution in [2.75, 3.05) is 18.5 Å². The number of fused-ring (bicyclic) bond motifs is 1. The summed E-state index contributed by atoms with van der Waals surface area (Å²) in [5.74, 6) is 0.803. The van der Waals surface area contributed by atoms with E-state index < -0.39 is 6.10 Å². The van der Waals surface area contributed by atoms with Crippen molar-refractivity contribution in [3.8, 4) is 5.75 Å². The maximum Gasteiger partial charge on any atom is 0.127 e. The van der Waals surface area contributed by atoms with Crippen molar-refractivity contribution >= 4 is 16.5 Å². The third-order valence-electron chi connectivity index (χ3n) is 3.50. The molecule has 2 N–H and O–H groups in total. The van der Waals surface area contributed by atoms with Gasteiger partial charge in [-0.15, -0.1) is 0 Å². The largest absolute Gasteiger partial charge is 0.490 e. The molecular formula is C19H19NO2. The van der Waals surface area contributed by atoms with E-state index in [-0.39, 0.29) is 6.61 Å². The first-order chi connectivity index (χ1) is 10.8. The highest BCUT2D eigenvalue weighted by molar-refractivity contribution is 5.88. The van der Waals surface area contributed by atoms with Gasteiger partial charge in [0.2, 0.25) is 0 Å². The smallest absolute Gasteiger partial charge is 0.127 e. The minimum absolute atomic E-state index is 0.258. The van der Waals surface area contributed by atoms with Crippen LogP contribution in [0.3, 0.4) is 0 Å². The molecule has 0 aliphatic carbocycles. The van der Waals surface area contributed by atoms with Gasteiger partial charge in [-0.3, -0.25) is 0 Å². The van der Waals surface area contributed by atoms with E-state index in [0.717, 1.165) is 22.2 Å². The summed E-state index contributed by atoms with van der Waals surface area (Å²) < 4.78 is 5.78. The molecule has 3 nitrogen and oxygen atoms in total. The van der Waals surface area contributed by atoms with Crippen LogP contribution in [0.4, 0.5) is 5.69 Å². The summed E-state index contributed by atoms with van der Waals surface area (Å²) in [6.45, 7) is 0.711. The van der Waals surface area contributed by atoms with E-state index in [4.69, 9.17) is 4.74 Å². The Balaban J connectivity index is 1.57. The number of hydrogen-bond acceptors (Lipinski definition) is 3. The molecule has 0 heterocycles. The quantitative estimate of drug-likeness (QED) is 0.728. The number of para-hydroxylation sites is 1. The Kier molecular flexibility index (Phi) is 4.56. The first-order valence-electron chi connectivity index (χ1n) is 7.40. The molecule has 0 bridgehead atoms. The van der Waals surface area contributed by atoms with Crippen molar-refractivity contribution in [2.45, 2.75) is 6.10 Å². The van der Waals surface area contributed by atoms with Gasteiger partial charge < -0.3 is 15.2 Å². The van der Waals surface area contributed by atoms with Crippen molar-refractivity contribution in [1.29, 1.82) is 0 Å². The van der Waals surface area contributed by atoms with E-state index in [0.29, 0.717) is 6.54 Å². The first kappa shape index (κ1) is 14.4. The predicted octanol–water partition coefficient (Wildman–Crippen LogP) is 3.69. The highest BCUT2D eigenvalue weighted by atomic mass is 16.5. The van der Waals surface area contributed by atoms with Gasteiger partial charge in [0.05, 0.1) is 0 Å². The maximum absolute atomic E-state index is 10.1. The summed E-state index contributed by atoms with van der Waals surface area (Å²) in [6.07, 6.45) is -0.570. The fourth-order valence-corrected chi connectivity index (χ4v) is 2.36. The minimum Gasteiger partial charge on any atom is -0.490 e. The maximum atomic E-state index is 10.1. The van der Waals surface area contributed by atoms with E-state index >= 15 is 0 Å². The Morgan fingerprint density at radius 1 is 0.864 bits per heavy atom. The lowest BCUT2D eigenvalue weighted by Crippen LogP contribution is -2.26. The van der Waals surface area contributed by atoms with E-state index in [1.807, 2.05) is 60.7 Å². The summed E-state index contributed by atoms with van der Waals surface area (Å²) in [6, 6.07) is 23.8. The molecule has 3 heteroatoms. The molecule has 0 aliphatic heterocycles. The van der Waals surface area contributed by atoms with Crippen LogP contribution in [-0.4, -0.2) is 24.4 Å². The van der Waals surface area contributed by atoms with Crippen LogP contribution in [0.2, 0.25) is 0 Å². The van der Waals surface area contributed by atoms with E-state index in [2.05, 4.69) is 17.4 Å². The summed E-state index contributed by atoms with van der Waals surface area (Å²) in [7, 11) is 0. The molecular weight excluding hydrogens is 274 g/mol. The van der Waals surface area contributed by atoms with Crippen molar-refractivity contribution < 1.29 is 9.84 Å². The predicted molar refractivity (Wildman–Crippen MR) is 90.4 cm³/mol.